The monoisotopic (exact) mass is 247 g/mol. The molecule has 1 aromatic rings. The molecule has 0 radical (unpaired) electrons. The number of halogens is 1. The highest BCUT2D eigenvalue weighted by Crippen LogP contribution is 2.49. The molecule has 2 unspecified atom stereocenters. The molecule has 12 heavy (non-hydrogen) atoms. The van der Waals surface area contributed by atoms with E-state index in [9.17, 15) is 5.11 Å². The summed E-state index contributed by atoms with van der Waals surface area (Å²) in [6, 6.07) is 0. The van der Waals surface area contributed by atoms with Crippen LogP contribution in [0.5, 0.6) is 0 Å². The molecule has 0 aromatic carbocycles. The van der Waals surface area contributed by atoms with Gasteiger partial charge in [-0.25, -0.2) is 4.98 Å². The Hall–Kier alpha value is 0.0700. The lowest BCUT2D eigenvalue weighted by atomic mass is 9.70. The van der Waals surface area contributed by atoms with Gasteiger partial charge < -0.3 is 5.11 Å². The number of rotatable bonds is 1. The fourth-order valence-corrected chi connectivity index (χ4v) is 3.34. The maximum Gasteiger partial charge on any atom is 0.123 e. The third-order valence-electron chi connectivity index (χ3n) is 2.69. The second-order valence-electron chi connectivity index (χ2n) is 3.34. The van der Waals surface area contributed by atoms with Crippen molar-refractivity contribution in [1.29, 1.82) is 0 Å². The Morgan fingerprint density at radius 2 is 2.58 bits per heavy atom. The van der Waals surface area contributed by atoms with E-state index in [-0.39, 0.29) is 0 Å². The summed E-state index contributed by atoms with van der Waals surface area (Å²) in [5, 5.41) is 10.2. The molecule has 1 aliphatic carbocycles. The minimum atomic E-state index is -0.597. The van der Waals surface area contributed by atoms with Gasteiger partial charge in [0.05, 0.1) is 10.4 Å². The van der Waals surface area contributed by atoms with Gasteiger partial charge in [-0.15, -0.1) is 11.3 Å². The van der Waals surface area contributed by atoms with E-state index >= 15 is 0 Å². The van der Waals surface area contributed by atoms with E-state index in [1.54, 1.807) is 5.51 Å². The minimum absolute atomic E-state index is 0.370. The molecule has 2 atom stereocenters. The first-order chi connectivity index (χ1) is 5.64. The highest BCUT2D eigenvalue weighted by molar-refractivity contribution is 9.10. The van der Waals surface area contributed by atoms with Crippen LogP contribution >= 0.6 is 27.3 Å². The smallest absolute Gasteiger partial charge is 0.123 e. The van der Waals surface area contributed by atoms with Gasteiger partial charge in [0, 0.05) is 0 Å². The zero-order valence-electron chi connectivity index (χ0n) is 6.75. The van der Waals surface area contributed by atoms with Crippen LogP contribution in [0.25, 0.3) is 0 Å². The SMILES string of the molecule is CC1CCC1(O)c1scnc1Br. The molecule has 4 heteroatoms. The summed E-state index contributed by atoms with van der Waals surface area (Å²) in [4.78, 5) is 5.06. The standard InChI is InChI=1S/C8H10BrNOS/c1-5-2-3-8(5,11)6-7(9)10-4-12-6/h4-5,11H,2-3H2,1H3. The van der Waals surface area contributed by atoms with Gasteiger partial charge >= 0.3 is 0 Å². The van der Waals surface area contributed by atoms with Gasteiger partial charge in [0.2, 0.25) is 0 Å². The number of nitrogens with zero attached hydrogens (tertiary/aromatic N) is 1. The fourth-order valence-electron chi connectivity index (χ4n) is 1.56. The Bertz CT molecular complexity index is 301. The Morgan fingerprint density at radius 1 is 1.83 bits per heavy atom. The van der Waals surface area contributed by atoms with Crippen molar-refractivity contribution in [2.75, 3.05) is 0 Å². The molecule has 0 saturated heterocycles. The first kappa shape index (κ1) is 8.66. The lowest BCUT2D eigenvalue weighted by Crippen LogP contribution is -2.42. The molecule has 1 saturated carbocycles. The van der Waals surface area contributed by atoms with Crippen molar-refractivity contribution in [1.82, 2.24) is 4.98 Å². The van der Waals surface area contributed by atoms with Crippen molar-refractivity contribution in [3.63, 3.8) is 0 Å². The second kappa shape index (κ2) is 2.79. The van der Waals surface area contributed by atoms with E-state index in [4.69, 9.17) is 0 Å². The lowest BCUT2D eigenvalue weighted by Gasteiger charge is -2.42. The number of aliphatic hydroxyl groups is 1. The molecule has 1 fully saturated rings. The molecule has 0 amide bonds. The lowest BCUT2D eigenvalue weighted by molar-refractivity contribution is -0.0907. The molecular formula is C8H10BrNOS. The molecule has 1 aliphatic rings. The van der Waals surface area contributed by atoms with Crippen LogP contribution in [0.3, 0.4) is 0 Å². The zero-order valence-corrected chi connectivity index (χ0v) is 9.15. The maximum absolute atomic E-state index is 10.2. The summed E-state index contributed by atoms with van der Waals surface area (Å²) in [5.74, 6) is 0.370. The second-order valence-corrected chi connectivity index (χ2v) is 4.94. The summed E-state index contributed by atoms with van der Waals surface area (Å²) in [7, 11) is 0. The van der Waals surface area contributed by atoms with Gasteiger partial charge in [-0.05, 0) is 34.7 Å². The molecule has 0 spiro atoms. The number of thiazole rings is 1. The van der Waals surface area contributed by atoms with E-state index in [2.05, 4.69) is 27.8 Å². The van der Waals surface area contributed by atoms with Gasteiger partial charge in [0.1, 0.15) is 10.2 Å². The molecule has 0 bridgehead atoms. The molecule has 1 heterocycles. The third-order valence-corrected chi connectivity index (χ3v) is 4.55. The van der Waals surface area contributed by atoms with Crippen molar-refractivity contribution in [2.45, 2.75) is 25.4 Å². The van der Waals surface area contributed by atoms with Crippen molar-refractivity contribution in [3.8, 4) is 0 Å². The van der Waals surface area contributed by atoms with Crippen LogP contribution in [0, 0.1) is 5.92 Å². The first-order valence-electron chi connectivity index (χ1n) is 3.96. The van der Waals surface area contributed by atoms with Gasteiger partial charge in [0.15, 0.2) is 0 Å². The van der Waals surface area contributed by atoms with Gasteiger partial charge in [0.25, 0.3) is 0 Å². The van der Waals surface area contributed by atoms with Crippen LogP contribution in [0.4, 0.5) is 0 Å². The number of hydrogen-bond acceptors (Lipinski definition) is 3. The molecule has 1 N–H and O–H groups in total. The highest BCUT2D eigenvalue weighted by atomic mass is 79.9. The normalized spacial score (nSPS) is 34.8. The molecule has 1 aromatic heterocycles. The van der Waals surface area contributed by atoms with Crippen LogP contribution in [0.2, 0.25) is 0 Å². The van der Waals surface area contributed by atoms with E-state index in [0.717, 1.165) is 22.3 Å². The van der Waals surface area contributed by atoms with Gasteiger partial charge in [-0.3, -0.25) is 0 Å². The third kappa shape index (κ3) is 1.05. The van der Waals surface area contributed by atoms with Crippen LogP contribution in [-0.4, -0.2) is 10.1 Å². The Balaban J connectivity index is 2.36. The largest absolute Gasteiger partial charge is 0.384 e. The summed E-state index contributed by atoms with van der Waals surface area (Å²) < 4.78 is 0.807. The van der Waals surface area contributed by atoms with E-state index in [0.29, 0.717) is 5.92 Å². The first-order valence-corrected chi connectivity index (χ1v) is 5.63. The van der Waals surface area contributed by atoms with Gasteiger partial charge in [-0.1, -0.05) is 6.92 Å². The molecule has 2 rings (SSSR count). The predicted octanol–water partition coefficient (Wildman–Crippen LogP) is 2.52. The van der Waals surface area contributed by atoms with Crippen molar-refractivity contribution < 1.29 is 5.11 Å². The van der Waals surface area contributed by atoms with Crippen molar-refractivity contribution in [2.24, 2.45) is 5.92 Å². The number of aromatic nitrogens is 1. The molecule has 66 valence electrons. The van der Waals surface area contributed by atoms with Crippen molar-refractivity contribution >= 4 is 27.3 Å². The molecular weight excluding hydrogens is 238 g/mol. The van der Waals surface area contributed by atoms with Crippen LogP contribution in [-0.2, 0) is 5.60 Å². The van der Waals surface area contributed by atoms with E-state index in [1.165, 1.54) is 11.3 Å². The molecule has 2 nitrogen and oxygen atoms in total. The van der Waals surface area contributed by atoms with Crippen LogP contribution < -0.4 is 0 Å². The van der Waals surface area contributed by atoms with Gasteiger partial charge in [-0.2, -0.15) is 0 Å². The minimum Gasteiger partial charge on any atom is -0.384 e. The van der Waals surface area contributed by atoms with Crippen LogP contribution in [0.15, 0.2) is 10.1 Å². The topological polar surface area (TPSA) is 33.1 Å². The quantitative estimate of drug-likeness (QED) is 0.828. The Labute approximate surface area is 83.8 Å². The fraction of sp³-hybridized carbons (Fsp3) is 0.625. The summed E-state index contributed by atoms with van der Waals surface area (Å²) >= 11 is 4.87. The summed E-state index contributed by atoms with van der Waals surface area (Å²) in [5.41, 5.74) is 1.17. The average Bonchev–Trinajstić information content (AvgIpc) is 2.47. The zero-order chi connectivity index (χ0) is 8.77. The Kier molecular flexibility index (Phi) is 2.01. The van der Waals surface area contributed by atoms with Crippen LogP contribution in [0.1, 0.15) is 24.6 Å². The van der Waals surface area contributed by atoms with E-state index < -0.39 is 5.60 Å². The summed E-state index contributed by atoms with van der Waals surface area (Å²) in [6.07, 6.45) is 1.98. The highest BCUT2D eigenvalue weighted by Gasteiger charge is 2.46. The Morgan fingerprint density at radius 3 is 2.92 bits per heavy atom. The number of hydrogen-bond donors (Lipinski definition) is 1. The summed E-state index contributed by atoms with van der Waals surface area (Å²) in [6.45, 7) is 2.08. The maximum atomic E-state index is 10.2. The average molecular weight is 248 g/mol. The predicted molar refractivity (Wildman–Crippen MR) is 52.1 cm³/mol. The van der Waals surface area contributed by atoms with E-state index in [1.807, 2.05) is 0 Å². The molecule has 0 aliphatic heterocycles. The van der Waals surface area contributed by atoms with Crippen molar-refractivity contribution in [3.05, 3.63) is 15.0 Å².